The molecule has 2 aliphatic carbocycles. The third-order valence-electron chi connectivity index (χ3n) is 11.6. The van der Waals surface area contributed by atoms with Crippen molar-refractivity contribution in [2.75, 3.05) is 44.4 Å². The second kappa shape index (κ2) is 11.7. The molecule has 0 unspecified atom stereocenters. The van der Waals surface area contributed by atoms with Crippen molar-refractivity contribution in [1.29, 1.82) is 0 Å². The number of ether oxygens (including phenoxy) is 1. The molecular formula is C35H43N11O2S. The highest BCUT2D eigenvalue weighted by Crippen LogP contribution is 2.55. The molecule has 4 atom stereocenters. The van der Waals surface area contributed by atoms with Crippen molar-refractivity contribution in [2.24, 2.45) is 4.99 Å². The number of anilines is 2. The number of nitrogens with zero attached hydrogens (tertiary/aromatic N) is 9. The number of H-pyrrole nitrogens is 1. The lowest BCUT2D eigenvalue weighted by molar-refractivity contribution is 0.232. The van der Waals surface area contributed by atoms with E-state index >= 15 is 0 Å². The third kappa shape index (κ3) is 4.59. The second-order valence-corrected chi connectivity index (χ2v) is 15.3. The van der Waals surface area contributed by atoms with Crippen LogP contribution in [0.5, 0.6) is 5.88 Å². The first kappa shape index (κ1) is 30.7. The van der Waals surface area contributed by atoms with Crippen LogP contribution in [0.2, 0.25) is 0 Å². The van der Waals surface area contributed by atoms with E-state index in [1.54, 1.807) is 11.3 Å². The lowest BCUT2D eigenvalue weighted by atomic mass is 9.63. The molecule has 2 aliphatic heterocycles. The maximum absolute atomic E-state index is 6.61. The smallest absolute Gasteiger partial charge is 0.214 e. The van der Waals surface area contributed by atoms with Crippen LogP contribution in [-0.4, -0.2) is 86.1 Å². The van der Waals surface area contributed by atoms with Crippen LogP contribution in [0.3, 0.4) is 0 Å². The summed E-state index contributed by atoms with van der Waals surface area (Å²) in [6, 6.07) is 0.466. The number of thiophene rings is 1. The third-order valence-corrected chi connectivity index (χ3v) is 12.7. The van der Waals surface area contributed by atoms with Gasteiger partial charge >= 0.3 is 0 Å². The van der Waals surface area contributed by atoms with Crippen LogP contribution in [0.15, 0.2) is 21.9 Å². The van der Waals surface area contributed by atoms with E-state index in [-0.39, 0.29) is 17.5 Å². The predicted molar refractivity (Wildman–Crippen MR) is 190 cm³/mol. The quantitative estimate of drug-likeness (QED) is 0.229. The van der Waals surface area contributed by atoms with E-state index < -0.39 is 0 Å². The van der Waals surface area contributed by atoms with Crippen molar-refractivity contribution in [3.05, 3.63) is 45.3 Å². The minimum absolute atomic E-state index is 0.0400. The molecule has 14 heteroatoms. The number of nitrogen functional groups attached to an aromatic ring is 1. The zero-order valence-electron chi connectivity index (χ0n) is 28.6. The molecule has 256 valence electrons. The van der Waals surface area contributed by atoms with E-state index in [0.29, 0.717) is 30.9 Å². The number of fused-ring (bicyclic) bond motifs is 6. The number of hydrogen-bond donors (Lipinski definition) is 2. The molecule has 9 rings (SSSR count). The molecule has 49 heavy (non-hydrogen) atoms. The van der Waals surface area contributed by atoms with Crippen molar-refractivity contribution in [2.45, 2.75) is 88.8 Å². The minimum Gasteiger partial charge on any atom is -0.476 e. The summed E-state index contributed by atoms with van der Waals surface area (Å²) in [6.45, 7) is 6.66. The fourth-order valence-corrected chi connectivity index (χ4v) is 10.4. The van der Waals surface area contributed by atoms with Gasteiger partial charge in [0.05, 0.1) is 52.4 Å². The lowest BCUT2D eigenvalue weighted by Gasteiger charge is -2.39. The Bertz CT molecular complexity index is 2070. The summed E-state index contributed by atoms with van der Waals surface area (Å²) in [7, 11) is 4.02. The Balaban J connectivity index is 1.22. The van der Waals surface area contributed by atoms with Crippen molar-refractivity contribution in [3.8, 4) is 17.4 Å². The number of aromatic nitrogens is 7. The number of hydrogen-bond acceptors (Lipinski definition) is 12. The first-order valence-corrected chi connectivity index (χ1v) is 18.4. The van der Waals surface area contributed by atoms with Gasteiger partial charge < -0.3 is 24.8 Å². The maximum Gasteiger partial charge on any atom is 0.214 e. The molecule has 1 fully saturated rings. The van der Waals surface area contributed by atoms with Gasteiger partial charge in [-0.2, -0.15) is 10.2 Å². The number of likely N-dealkylation sites (tertiary alicyclic amines) is 1. The Kier molecular flexibility index (Phi) is 7.31. The number of aliphatic imine (C=N–C) groups is 1. The molecule has 5 aromatic rings. The summed E-state index contributed by atoms with van der Waals surface area (Å²) in [4.78, 5) is 21.1. The molecule has 0 aromatic carbocycles. The monoisotopic (exact) mass is 681 g/mol. The van der Waals surface area contributed by atoms with Gasteiger partial charge in [0.25, 0.3) is 0 Å². The Morgan fingerprint density at radius 3 is 2.84 bits per heavy atom. The Labute approximate surface area is 288 Å². The SMILES string of the molecule is CN=Cc1c(N)sc2c1[C@@]1(CCC2)CCCc2c(-c3nc(N4CCOc5[nH]ncc5[C@@H]4C)c4cnn([C@@H](C)[C@@H]5CCCN5C)c4n3)noc21. The van der Waals surface area contributed by atoms with Gasteiger partial charge in [-0.25, -0.2) is 19.7 Å². The summed E-state index contributed by atoms with van der Waals surface area (Å²) in [5.41, 5.74) is 12.3. The average molecular weight is 682 g/mol. The Hall–Kier alpha value is -4.30. The van der Waals surface area contributed by atoms with Gasteiger partial charge in [0.15, 0.2) is 22.9 Å². The maximum atomic E-state index is 6.61. The zero-order chi connectivity index (χ0) is 33.4. The number of likely N-dealkylation sites (N-methyl/N-ethyl adjacent to an activating group) is 1. The lowest BCUT2D eigenvalue weighted by Crippen LogP contribution is -2.35. The molecule has 1 spiro atoms. The fourth-order valence-electron chi connectivity index (χ4n) is 9.23. The molecule has 0 amide bonds. The van der Waals surface area contributed by atoms with E-state index in [9.17, 15) is 0 Å². The molecule has 5 aromatic heterocycles. The summed E-state index contributed by atoms with van der Waals surface area (Å²) in [6.07, 6.45) is 14.0. The molecule has 0 bridgehead atoms. The number of aryl methyl sites for hydroxylation is 1. The van der Waals surface area contributed by atoms with Crippen LogP contribution in [-0.2, 0) is 18.3 Å². The molecule has 0 radical (unpaired) electrons. The number of nitrogens with one attached hydrogen (secondary N) is 1. The van der Waals surface area contributed by atoms with Crippen molar-refractivity contribution < 1.29 is 9.26 Å². The van der Waals surface area contributed by atoms with Crippen molar-refractivity contribution in [3.63, 3.8) is 0 Å². The highest BCUT2D eigenvalue weighted by molar-refractivity contribution is 7.16. The van der Waals surface area contributed by atoms with E-state index in [1.165, 1.54) is 16.9 Å². The molecule has 4 aliphatic rings. The van der Waals surface area contributed by atoms with Crippen LogP contribution in [0.1, 0.15) is 97.3 Å². The molecule has 3 N–H and O–H groups in total. The summed E-state index contributed by atoms with van der Waals surface area (Å²) in [5.74, 6) is 3.04. The van der Waals surface area contributed by atoms with Crippen molar-refractivity contribution in [1.82, 2.24) is 40.0 Å². The summed E-state index contributed by atoms with van der Waals surface area (Å²) >= 11 is 1.70. The normalized spacial score (nSPS) is 24.7. The van der Waals surface area contributed by atoms with Crippen LogP contribution in [0.4, 0.5) is 10.8 Å². The van der Waals surface area contributed by atoms with Gasteiger partial charge in [0.2, 0.25) is 5.88 Å². The molecule has 13 nitrogen and oxygen atoms in total. The van der Waals surface area contributed by atoms with E-state index in [4.69, 9.17) is 35.2 Å². The van der Waals surface area contributed by atoms with Crippen LogP contribution < -0.4 is 15.4 Å². The largest absolute Gasteiger partial charge is 0.476 e. The van der Waals surface area contributed by atoms with E-state index in [0.717, 1.165) is 101 Å². The summed E-state index contributed by atoms with van der Waals surface area (Å²) in [5, 5.41) is 18.9. The second-order valence-electron chi connectivity index (χ2n) is 14.2. The number of nitrogens with two attached hydrogens (primary N) is 1. The predicted octanol–water partition coefficient (Wildman–Crippen LogP) is 5.47. The van der Waals surface area contributed by atoms with Gasteiger partial charge in [0.1, 0.15) is 12.4 Å². The van der Waals surface area contributed by atoms with E-state index in [2.05, 4.69) is 50.6 Å². The Morgan fingerprint density at radius 1 is 1.16 bits per heavy atom. The van der Waals surface area contributed by atoms with Crippen molar-refractivity contribution >= 4 is 39.4 Å². The highest BCUT2D eigenvalue weighted by atomic mass is 32.1. The minimum atomic E-state index is -0.290. The molecule has 7 heterocycles. The van der Waals surface area contributed by atoms with Gasteiger partial charge in [-0.1, -0.05) is 5.16 Å². The highest BCUT2D eigenvalue weighted by Gasteiger charge is 2.48. The zero-order valence-corrected chi connectivity index (χ0v) is 29.4. The standard InChI is InChI=1S/C35H43N11O2S/c1-19-22-17-38-42-34(22)47-15-14-45(19)32-24-18-39-46(20(2)25-9-7-13-44(25)4)33(24)41-31(40-32)28-21-8-5-11-35(29(21)48-43-28)12-6-10-26-27(35)23(16-37-3)30(36)49-26/h16-20,25H,5-15,36H2,1-4H3,(H,38,42)/t19-,20-,25-,35-/m0/s1. The molecule has 0 saturated carbocycles. The van der Waals surface area contributed by atoms with Crippen LogP contribution in [0.25, 0.3) is 22.6 Å². The first-order chi connectivity index (χ1) is 23.9. The Morgan fingerprint density at radius 2 is 2.02 bits per heavy atom. The van der Waals surface area contributed by atoms with Gasteiger partial charge in [-0.3, -0.25) is 4.99 Å². The average Bonchev–Trinajstić information content (AvgIpc) is 3.93. The van der Waals surface area contributed by atoms with Gasteiger partial charge in [0, 0.05) is 35.3 Å². The number of aromatic amines is 1. The van der Waals surface area contributed by atoms with Crippen LogP contribution in [0, 0.1) is 0 Å². The number of rotatable bonds is 5. The van der Waals surface area contributed by atoms with Gasteiger partial charge in [-0.15, -0.1) is 11.3 Å². The first-order valence-electron chi connectivity index (χ1n) is 17.6. The fraction of sp³-hybridized carbons (Fsp3) is 0.543. The molecule has 1 saturated heterocycles. The van der Waals surface area contributed by atoms with E-state index in [1.807, 2.05) is 25.7 Å². The molecular weight excluding hydrogens is 639 g/mol. The van der Waals surface area contributed by atoms with Gasteiger partial charge in [-0.05, 0) is 84.4 Å². The topological polar surface area (TPSA) is 152 Å². The summed E-state index contributed by atoms with van der Waals surface area (Å²) < 4.78 is 14.6. The van der Waals surface area contributed by atoms with Crippen LogP contribution >= 0.6 is 11.3 Å².